The van der Waals surface area contributed by atoms with Gasteiger partial charge in [0.15, 0.2) is 0 Å². The highest BCUT2D eigenvalue weighted by atomic mass is 19.1. The van der Waals surface area contributed by atoms with Crippen LogP contribution in [0.25, 0.3) is 0 Å². The van der Waals surface area contributed by atoms with Crippen molar-refractivity contribution in [3.05, 3.63) is 35.6 Å². The minimum Gasteiger partial charge on any atom is -0.387 e. The molecule has 1 aromatic carbocycles. The van der Waals surface area contributed by atoms with Crippen molar-refractivity contribution in [2.75, 3.05) is 32.8 Å². The van der Waals surface area contributed by atoms with Crippen LogP contribution in [0, 0.1) is 11.7 Å². The molecule has 2 atom stereocenters. The Kier molecular flexibility index (Phi) is 6.50. The molecule has 23 heavy (non-hydrogen) atoms. The van der Waals surface area contributed by atoms with E-state index in [1.165, 1.54) is 6.07 Å². The lowest BCUT2D eigenvalue weighted by Gasteiger charge is -2.32. The molecule has 0 aliphatic carbocycles. The average Bonchev–Trinajstić information content (AvgIpc) is 2.55. The van der Waals surface area contributed by atoms with E-state index in [0.717, 1.165) is 0 Å². The zero-order valence-corrected chi connectivity index (χ0v) is 13.7. The van der Waals surface area contributed by atoms with E-state index in [1.807, 2.05) is 13.8 Å². The van der Waals surface area contributed by atoms with Gasteiger partial charge >= 0.3 is 0 Å². The molecule has 2 unspecified atom stereocenters. The summed E-state index contributed by atoms with van der Waals surface area (Å²) in [4.78, 5) is 14.4. The molecular weight excluding hydrogens is 299 g/mol. The summed E-state index contributed by atoms with van der Waals surface area (Å²) in [5, 5.41) is 13.3. The Morgan fingerprint density at radius 1 is 1.35 bits per heavy atom. The maximum atomic E-state index is 13.7. The minimum absolute atomic E-state index is 0.00373. The van der Waals surface area contributed by atoms with Gasteiger partial charge in [-0.05, 0) is 12.0 Å². The Labute approximate surface area is 136 Å². The average molecular weight is 324 g/mol. The van der Waals surface area contributed by atoms with E-state index in [1.54, 1.807) is 23.1 Å². The van der Waals surface area contributed by atoms with Crippen LogP contribution in [0.5, 0.6) is 0 Å². The number of nitrogens with one attached hydrogen (secondary N) is 1. The summed E-state index contributed by atoms with van der Waals surface area (Å²) < 4.78 is 19.0. The van der Waals surface area contributed by atoms with Crippen LogP contribution in [-0.2, 0) is 9.53 Å². The number of morpholine rings is 1. The van der Waals surface area contributed by atoms with Gasteiger partial charge < -0.3 is 20.1 Å². The SMILES string of the molecule is CC(C)C(NCC(O)c1ccccc1F)C(=O)N1CCOCC1. The molecule has 0 spiro atoms. The largest absolute Gasteiger partial charge is 0.387 e. The number of nitrogens with zero attached hydrogens (tertiary/aromatic N) is 1. The number of halogens is 1. The molecule has 1 saturated heterocycles. The van der Waals surface area contributed by atoms with Gasteiger partial charge in [0.05, 0.1) is 25.4 Å². The third kappa shape index (κ3) is 4.73. The number of aliphatic hydroxyl groups is 1. The molecular formula is C17H25FN2O3. The van der Waals surface area contributed by atoms with Crippen LogP contribution in [0.2, 0.25) is 0 Å². The Bertz CT molecular complexity index is 518. The summed E-state index contributed by atoms with van der Waals surface area (Å²) in [5.74, 6) is -0.371. The number of carbonyl (C=O) groups excluding carboxylic acids is 1. The zero-order valence-electron chi connectivity index (χ0n) is 13.7. The van der Waals surface area contributed by atoms with Crippen molar-refractivity contribution in [1.82, 2.24) is 10.2 Å². The summed E-state index contributed by atoms with van der Waals surface area (Å²) in [6.45, 7) is 6.29. The standard InChI is InChI=1S/C17H25FN2O3/c1-12(2)16(17(22)20-7-9-23-10-8-20)19-11-15(21)13-5-3-4-6-14(13)18/h3-6,12,15-16,19,21H,7-11H2,1-2H3. The Hall–Kier alpha value is -1.50. The highest BCUT2D eigenvalue weighted by Gasteiger charge is 2.28. The van der Waals surface area contributed by atoms with Crippen LogP contribution < -0.4 is 5.32 Å². The minimum atomic E-state index is -0.991. The monoisotopic (exact) mass is 324 g/mol. The summed E-state index contributed by atoms with van der Waals surface area (Å²) >= 11 is 0. The van der Waals surface area contributed by atoms with Crippen LogP contribution in [-0.4, -0.2) is 54.8 Å². The summed E-state index contributed by atoms with van der Waals surface area (Å²) in [6, 6.07) is 5.72. The number of amides is 1. The zero-order chi connectivity index (χ0) is 16.8. The van der Waals surface area contributed by atoms with Crippen molar-refractivity contribution in [3.63, 3.8) is 0 Å². The third-order valence-corrected chi connectivity index (χ3v) is 4.05. The van der Waals surface area contributed by atoms with Crippen molar-refractivity contribution in [1.29, 1.82) is 0 Å². The molecule has 1 aromatic rings. The lowest BCUT2D eigenvalue weighted by Crippen LogP contribution is -2.53. The number of hydrogen-bond acceptors (Lipinski definition) is 4. The maximum Gasteiger partial charge on any atom is 0.240 e. The van der Waals surface area contributed by atoms with Gasteiger partial charge in [-0.2, -0.15) is 0 Å². The molecule has 1 amide bonds. The molecule has 1 heterocycles. The number of carbonyl (C=O) groups is 1. The molecule has 1 aliphatic rings. The molecule has 0 bridgehead atoms. The van der Waals surface area contributed by atoms with Crippen molar-refractivity contribution in [2.24, 2.45) is 5.92 Å². The Balaban J connectivity index is 1.96. The van der Waals surface area contributed by atoms with Crippen LogP contribution in [0.3, 0.4) is 0 Å². The first-order valence-electron chi connectivity index (χ1n) is 8.03. The Morgan fingerprint density at radius 3 is 2.61 bits per heavy atom. The number of rotatable bonds is 6. The molecule has 5 nitrogen and oxygen atoms in total. The fourth-order valence-corrected chi connectivity index (χ4v) is 2.68. The molecule has 1 fully saturated rings. The first kappa shape index (κ1) is 17.8. The van der Waals surface area contributed by atoms with Crippen molar-refractivity contribution >= 4 is 5.91 Å². The third-order valence-electron chi connectivity index (χ3n) is 4.05. The maximum absolute atomic E-state index is 13.7. The van der Waals surface area contributed by atoms with E-state index in [4.69, 9.17) is 4.74 Å². The molecule has 2 rings (SSSR count). The van der Waals surface area contributed by atoms with Crippen molar-refractivity contribution in [2.45, 2.75) is 26.0 Å². The Morgan fingerprint density at radius 2 is 2.00 bits per heavy atom. The molecule has 128 valence electrons. The molecule has 0 saturated carbocycles. The lowest BCUT2D eigenvalue weighted by atomic mass is 10.0. The highest BCUT2D eigenvalue weighted by molar-refractivity contribution is 5.82. The van der Waals surface area contributed by atoms with Gasteiger partial charge in [0.1, 0.15) is 5.82 Å². The van der Waals surface area contributed by atoms with Gasteiger partial charge in [0.25, 0.3) is 0 Å². The summed E-state index contributed by atoms with van der Waals surface area (Å²) in [6.07, 6.45) is -0.991. The topological polar surface area (TPSA) is 61.8 Å². The van der Waals surface area contributed by atoms with Gasteiger partial charge in [-0.3, -0.25) is 4.79 Å². The predicted molar refractivity (Wildman–Crippen MR) is 85.4 cm³/mol. The van der Waals surface area contributed by atoms with E-state index in [-0.39, 0.29) is 23.9 Å². The van der Waals surface area contributed by atoms with Gasteiger partial charge in [0, 0.05) is 25.2 Å². The van der Waals surface area contributed by atoms with E-state index in [9.17, 15) is 14.3 Å². The van der Waals surface area contributed by atoms with E-state index in [2.05, 4.69) is 5.32 Å². The number of benzene rings is 1. The highest BCUT2D eigenvalue weighted by Crippen LogP contribution is 2.17. The fourth-order valence-electron chi connectivity index (χ4n) is 2.68. The molecule has 0 radical (unpaired) electrons. The first-order chi connectivity index (χ1) is 11.0. The smallest absolute Gasteiger partial charge is 0.240 e. The first-order valence-corrected chi connectivity index (χ1v) is 8.03. The molecule has 0 aromatic heterocycles. The van der Waals surface area contributed by atoms with Gasteiger partial charge in [0.2, 0.25) is 5.91 Å². The number of ether oxygens (including phenoxy) is 1. The van der Waals surface area contributed by atoms with Crippen molar-refractivity contribution < 1.29 is 19.0 Å². The number of aliphatic hydroxyl groups excluding tert-OH is 1. The van der Waals surface area contributed by atoms with E-state index >= 15 is 0 Å². The van der Waals surface area contributed by atoms with Crippen LogP contribution in [0.1, 0.15) is 25.5 Å². The number of hydrogen-bond donors (Lipinski definition) is 2. The van der Waals surface area contributed by atoms with Crippen molar-refractivity contribution in [3.8, 4) is 0 Å². The normalized spacial score (nSPS) is 18.0. The quantitative estimate of drug-likeness (QED) is 0.829. The molecule has 1 aliphatic heterocycles. The van der Waals surface area contributed by atoms with Gasteiger partial charge in [-0.1, -0.05) is 32.0 Å². The van der Waals surface area contributed by atoms with Crippen LogP contribution >= 0.6 is 0 Å². The molecule has 2 N–H and O–H groups in total. The second-order valence-corrected chi connectivity index (χ2v) is 6.10. The summed E-state index contributed by atoms with van der Waals surface area (Å²) in [5.41, 5.74) is 0.237. The van der Waals surface area contributed by atoms with Gasteiger partial charge in [-0.15, -0.1) is 0 Å². The van der Waals surface area contributed by atoms with E-state index in [0.29, 0.717) is 26.3 Å². The van der Waals surface area contributed by atoms with Crippen LogP contribution in [0.4, 0.5) is 4.39 Å². The second kappa shape index (κ2) is 8.38. The summed E-state index contributed by atoms with van der Waals surface area (Å²) in [7, 11) is 0. The fraction of sp³-hybridized carbons (Fsp3) is 0.588. The molecule has 6 heteroatoms. The van der Waals surface area contributed by atoms with Crippen LogP contribution in [0.15, 0.2) is 24.3 Å². The van der Waals surface area contributed by atoms with Gasteiger partial charge in [-0.25, -0.2) is 4.39 Å². The predicted octanol–water partition coefficient (Wildman–Crippen LogP) is 1.33. The van der Waals surface area contributed by atoms with E-state index < -0.39 is 18.0 Å². The second-order valence-electron chi connectivity index (χ2n) is 6.10. The lowest BCUT2D eigenvalue weighted by molar-refractivity contribution is -0.138.